The van der Waals surface area contributed by atoms with E-state index < -0.39 is 12.5 Å². The maximum atomic E-state index is 11.9. The molecule has 0 spiro atoms. The van der Waals surface area contributed by atoms with E-state index in [0.29, 0.717) is 5.92 Å². The molecule has 0 radical (unpaired) electrons. The van der Waals surface area contributed by atoms with E-state index in [9.17, 15) is 13.9 Å². The van der Waals surface area contributed by atoms with Gasteiger partial charge in [-0.1, -0.05) is 38.1 Å². The fourth-order valence-electron chi connectivity index (χ4n) is 1.55. The average molecular weight is 243 g/mol. The van der Waals surface area contributed by atoms with E-state index in [-0.39, 0.29) is 13.1 Å². The Bertz CT molecular complexity index is 325. The lowest BCUT2D eigenvalue weighted by molar-refractivity contribution is 0.129. The Morgan fingerprint density at radius 2 is 1.59 bits per heavy atom. The largest absolute Gasteiger partial charge is 0.387 e. The van der Waals surface area contributed by atoms with Crippen molar-refractivity contribution >= 4 is 0 Å². The first-order valence-corrected chi connectivity index (χ1v) is 5.77. The fraction of sp³-hybridized carbons (Fsp3) is 0.538. The van der Waals surface area contributed by atoms with Crippen LogP contribution in [0.25, 0.3) is 0 Å². The van der Waals surface area contributed by atoms with Gasteiger partial charge in [0.25, 0.3) is 6.43 Å². The average Bonchev–Trinajstić information content (AvgIpc) is 2.28. The van der Waals surface area contributed by atoms with Crippen LogP contribution in [0.1, 0.15) is 37.0 Å². The van der Waals surface area contributed by atoms with E-state index in [2.05, 4.69) is 19.2 Å². The van der Waals surface area contributed by atoms with Gasteiger partial charge in [0.2, 0.25) is 0 Å². The quantitative estimate of drug-likeness (QED) is 0.805. The minimum atomic E-state index is -2.38. The molecule has 0 saturated heterocycles. The zero-order valence-corrected chi connectivity index (χ0v) is 10.2. The zero-order chi connectivity index (χ0) is 12.8. The summed E-state index contributed by atoms with van der Waals surface area (Å²) in [5, 5.41) is 12.3. The third-order valence-electron chi connectivity index (χ3n) is 2.62. The minimum absolute atomic E-state index is 0.144. The van der Waals surface area contributed by atoms with Crippen LogP contribution in [0.5, 0.6) is 0 Å². The molecule has 0 heterocycles. The summed E-state index contributed by atoms with van der Waals surface area (Å²) in [6.45, 7) is 3.94. The van der Waals surface area contributed by atoms with Crippen molar-refractivity contribution in [1.82, 2.24) is 5.32 Å². The predicted octanol–water partition coefficient (Wildman–Crippen LogP) is 2.70. The molecule has 1 aromatic rings. The second-order valence-electron chi connectivity index (χ2n) is 4.39. The summed E-state index contributed by atoms with van der Waals surface area (Å²) in [5.74, 6) is 0.443. The number of aliphatic hydroxyl groups is 1. The first-order valence-electron chi connectivity index (χ1n) is 5.77. The van der Waals surface area contributed by atoms with Gasteiger partial charge in [-0.25, -0.2) is 8.78 Å². The van der Waals surface area contributed by atoms with Crippen molar-refractivity contribution in [2.45, 2.75) is 32.3 Å². The molecule has 0 aromatic heterocycles. The van der Waals surface area contributed by atoms with Crippen molar-refractivity contribution in [2.24, 2.45) is 0 Å². The molecule has 0 aliphatic rings. The van der Waals surface area contributed by atoms with Gasteiger partial charge < -0.3 is 10.4 Å². The van der Waals surface area contributed by atoms with Crippen LogP contribution in [0.2, 0.25) is 0 Å². The van der Waals surface area contributed by atoms with Crippen LogP contribution >= 0.6 is 0 Å². The molecule has 2 nitrogen and oxygen atoms in total. The maximum Gasteiger partial charge on any atom is 0.250 e. The van der Waals surface area contributed by atoms with Gasteiger partial charge in [-0.2, -0.15) is 0 Å². The second kappa shape index (κ2) is 6.67. The number of benzene rings is 1. The Kier molecular flexibility index (Phi) is 5.51. The summed E-state index contributed by atoms with van der Waals surface area (Å²) >= 11 is 0. The van der Waals surface area contributed by atoms with Crippen LogP contribution in [0.4, 0.5) is 8.78 Å². The molecule has 0 amide bonds. The van der Waals surface area contributed by atoms with Crippen LogP contribution in [-0.4, -0.2) is 24.6 Å². The molecule has 17 heavy (non-hydrogen) atoms. The molecular formula is C13H19F2NO. The summed E-state index contributed by atoms with van der Waals surface area (Å²) < 4.78 is 23.8. The van der Waals surface area contributed by atoms with Crippen molar-refractivity contribution < 1.29 is 13.9 Å². The van der Waals surface area contributed by atoms with Gasteiger partial charge in [-0.3, -0.25) is 0 Å². The number of rotatable bonds is 6. The zero-order valence-electron chi connectivity index (χ0n) is 10.2. The van der Waals surface area contributed by atoms with Crippen molar-refractivity contribution in [3.05, 3.63) is 35.4 Å². The highest BCUT2D eigenvalue weighted by Gasteiger charge is 2.09. The Hall–Kier alpha value is -1.00. The molecular weight excluding hydrogens is 224 g/mol. The SMILES string of the molecule is CC(C)c1ccc(C(O)CNCC(F)F)cc1. The highest BCUT2D eigenvalue weighted by atomic mass is 19.3. The summed E-state index contributed by atoms with van der Waals surface area (Å²) in [6, 6.07) is 7.58. The summed E-state index contributed by atoms with van der Waals surface area (Å²) in [7, 11) is 0. The van der Waals surface area contributed by atoms with Crippen molar-refractivity contribution in [1.29, 1.82) is 0 Å². The number of halogens is 2. The number of hydrogen-bond acceptors (Lipinski definition) is 2. The Morgan fingerprint density at radius 1 is 1.06 bits per heavy atom. The lowest BCUT2D eigenvalue weighted by Crippen LogP contribution is -2.26. The lowest BCUT2D eigenvalue weighted by Gasteiger charge is -2.13. The molecule has 96 valence electrons. The Labute approximate surface area is 101 Å². The van der Waals surface area contributed by atoms with Gasteiger partial charge in [0.15, 0.2) is 0 Å². The summed E-state index contributed by atoms with van der Waals surface area (Å²) in [4.78, 5) is 0. The highest BCUT2D eigenvalue weighted by Crippen LogP contribution is 2.18. The number of alkyl halides is 2. The monoisotopic (exact) mass is 243 g/mol. The fourth-order valence-corrected chi connectivity index (χ4v) is 1.55. The van der Waals surface area contributed by atoms with Crippen LogP contribution in [0.3, 0.4) is 0 Å². The van der Waals surface area contributed by atoms with Crippen molar-refractivity contribution in [3.8, 4) is 0 Å². The van der Waals surface area contributed by atoms with Gasteiger partial charge >= 0.3 is 0 Å². The summed E-state index contributed by atoms with van der Waals surface area (Å²) in [6.07, 6.45) is -3.12. The molecule has 0 fully saturated rings. The van der Waals surface area contributed by atoms with E-state index in [1.54, 1.807) is 0 Å². The number of aliphatic hydroxyl groups excluding tert-OH is 1. The molecule has 0 bridgehead atoms. The van der Waals surface area contributed by atoms with Crippen LogP contribution in [-0.2, 0) is 0 Å². The van der Waals surface area contributed by atoms with Crippen LogP contribution in [0.15, 0.2) is 24.3 Å². The molecule has 2 N–H and O–H groups in total. The number of nitrogens with one attached hydrogen (secondary N) is 1. The van der Waals surface area contributed by atoms with Crippen molar-refractivity contribution in [3.63, 3.8) is 0 Å². The molecule has 1 unspecified atom stereocenters. The molecule has 0 aliphatic carbocycles. The lowest BCUT2D eigenvalue weighted by atomic mass is 10.00. The minimum Gasteiger partial charge on any atom is -0.387 e. The third-order valence-corrected chi connectivity index (χ3v) is 2.62. The summed E-state index contributed by atoms with van der Waals surface area (Å²) in [5.41, 5.74) is 1.94. The molecule has 1 rings (SSSR count). The maximum absolute atomic E-state index is 11.9. The standard InChI is InChI=1S/C13H19F2NO/c1-9(2)10-3-5-11(6-4-10)12(17)7-16-8-13(14)15/h3-6,9,12-13,16-17H,7-8H2,1-2H3. The molecule has 0 aliphatic heterocycles. The van der Waals surface area contributed by atoms with E-state index in [4.69, 9.17) is 0 Å². The van der Waals surface area contributed by atoms with Gasteiger partial charge in [-0.15, -0.1) is 0 Å². The number of hydrogen-bond donors (Lipinski definition) is 2. The van der Waals surface area contributed by atoms with Gasteiger partial charge in [-0.05, 0) is 17.0 Å². The Balaban J connectivity index is 2.48. The van der Waals surface area contributed by atoms with Crippen LogP contribution in [0, 0.1) is 0 Å². The van der Waals surface area contributed by atoms with E-state index >= 15 is 0 Å². The smallest absolute Gasteiger partial charge is 0.250 e. The first-order chi connectivity index (χ1) is 8.00. The third kappa shape index (κ3) is 4.79. The normalized spacial score (nSPS) is 13.4. The van der Waals surface area contributed by atoms with Crippen molar-refractivity contribution in [2.75, 3.05) is 13.1 Å². The molecule has 1 atom stereocenters. The highest BCUT2D eigenvalue weighted by molar-refractivity contribution is 5.26. The predicted molar refractivity (Wildman–Crippen MR) is 64.4 cm³/mol. The molecule has 0 saturated carbocycles. The topological polar surface area (TPSA) is 32.3 Å². The van der Waals surface area contributed by atoms with Gasteiger partial charge in [0, 0.05) is 6.54 Å². The van der Waals surface area contributed by atoms with Crippen LogP contribution < -0.4 is 5.32 Å². The molecule has 1 aromatic carbocycles. The second-order valence-corrected chi connectivity index (χ2v) is 4.39. The molecule has 4 heteroatoms. The first kappa shape index (κ1) is 14.1. The van der Waals surface area contributed by atoms with Gasteiger partial charge in [0.05, 0.1) is 12.6 Å². The van der Waals surface area contributed by atoms with E-state index in [1.807, 2.05) is 24.3 Å². The van der Waals surface area contributed by atoms with E-state index in [0.717, 1.165) is 5.56 Å². The van der Waals surface area contributed by atoms with E-state index in [1.165, 1.54) is 5.56 Å². The Morgan fingerprint density at radius 3 is 2.06 bits per heavy atom. The van der Waals surface area contributed by atoms with Gasteiger partial charge in [0.1, 0.15) is 0 Å².